The van der Waals surface area contributed by atoms with Crippen LogP contribution in [0.3, 0.4) is 0 Å². The Bertz CT molecular complexity index is 341. The third kappa shape index (κ3) is 3.22. The van der Waals surface area contributed by atoms with Crippen LogP contribution in [0.15, 0.2) is 0 Å². The largest absolute Gasteiger partial charge is 0.481 e. The van der Waals surface area contributed by atoms with Crippen molar-refractivity contribution >= 4 is 11.9 Å². The molecule has 102 valence electrons. The second-order valence-corrected chi connectivity index (χ2v) is 5.76. The number of likely N-dealkylation sites (tertiary alicyclic amines) is 1. The molecule has 1 heterocycles. The molecule has 2 rings (SSSR count). The first-order valence-corrected chi connectivity index (χ1v) is 6.76. The summed E-state index contributed by atoms with van der Waals surface area (Å²) in [6, 6.07) is 0.614. The molecule has 2 aliphatic rings. The van der Waals surface area contributed by atoms with E-state index in [0.29, 0.717) is 38.5 Å². The van der Waals surface area contributed by atoms with Crippen molar-refractivity contribution in [3.63, 3.8) is 0 Å². The quantitative estimate of drug-likeness (QED) is 0.763. The summed E-state index contributed by atoms with van der Waals surface area (Å²) in [5.41, 5.74) is -0.766. The fourth-order valence-electron chi connectivity index (χ4n) is 2.46. The number of hydrogen-bond donors (Lipinski definition) is 2. The molecular formula is C13H22N2O3. The number of amides is 1. The minimum absolute atomic E-state index is 0.0790. The number of hydrogen-bond acceptors (Lipinski definition) is 3. The lowest BCUT2D eigenvalue weighted by molar-refractivity contribution is -0.153. The zero-order chi connectivity index (χ0) is 13.2. The molecule has 1 atom stereocenters. The molecule has 1 amide bonds. The van der Waals surface area contributed by atoms with Crippen LogP contribution in [0, 0.1) is 5.41 Å². The van der Waals surface area contributed by atoms with E-state index in [-0.39, 0.29) is 5.91 Å². The van der Waals surface area contributed by atoms with E-state index in [4.69, 9.17) is 0 Å². The van der Waals surface area contributed by atoms with Crippen LogP contribution in [0.1, 0.15) is 39.0 Å². The van der Waals surface area contributed by atoms with Gasteiger partial charge in [0.25, 0.3) is 0 Å². The van der Waals surface area contributed by atoms with Gasteiger partial charge in [0.2, 0.25) is 5.91 Å². The molecule has 5 nitrogen and oxygen atoms in total. The molecular weight excluding hydrogens is 232 g/mol. The van der Waals surface area contributed by atoms with Crippen molar-refractivity contribution in [2.75, 3.05) is 19.6 Å². The van der Waals surface area contributed by atoms with E-state index >= 15 is 0 Å². The van der Waals surface area contributed by atoms with Crippen LogP contribution in [0.4, 0.5) is 0 Å². The van der Waals surface area contributed by atoms with Crippen molar-refractivity contribution < 1.29 is 14.7 Å². The summed E-state index contributed by atoms with van der Waals surface area (Å²) in [6.07, 6.45) is 4.35. The smallest absolute Gasteiger partial charge is 0.311 e. The van der Waals surface area contributed by atoms with Crippen LogP contribution in [-0.4, -0.2) is 47.6 Å². The maximum absolute atomic E-state index is 12.0. The molecule has 1 aliphatic carbocycles. The first-order valence-electron chi connectivity index (χ1n) is 6.76. The monoisotopic (exact) mass is 254 g/mol. The minimum atomic E-state index is -0.795. The Kier molecular flexibility index (Phi) is 3.90. The maximum Gasteiger partial charge on any atom is 0.311 e. The third-order valence-electron chi connectivity index (χ3n) is 3.91. The van der Waals surface area contributed by atoms with E-state index in [1.54, 1.807) is 11.8 Å². The Morgan fingerprint density at radius 2 is 2.17 bits per heavy atom. The van der Waals surface area contributed by atoms with Gasteiger partial charge in [-0.3, -0.25) is 9.59 Å². The Morgan fingerprint density at radius 1 is 1.44 bits per heavy atom. The molecule has 2 fully saturated rings. The number of aliphatic carboxylic acids is 1. The molecule has 1 saturated heterocycles. The van der Waals surface area contributed by atoms with Crippen molar-refractivity contribution in [1.82, 2.24) is 10.2 Å². The van der Waals surface area contributed by atoms with Gasteiger partial charge in [0.15, 0.2) is 0 Å². The van der Waals surface area contributed by atoms with Crippen LogP contribution < -0.4 is 5.32 Å². The van der Waals surface area contributed by atoms with Gasteiger partial charge in [-0.05, 0) is 32.6 Å². The molecule has 0 bridgehead atoms. The van der Waals surface area contributed by atoms with Crippen molar-refractivity contribution in [1.29, 1.82) is 0 Å². The number of carbonyl (C=O) groups is 2. The van der Waals surface area contributed by atoms with Crippen LogP contribution >= 0.6 is 0 Å². The van der Waals surface area contributed by atoms with Gasteiger partial charge < -0.3 is 15.3 Å². The van der Waals surface area contributed by atoms with Gasteiger partial charge in [-0.2, -0.15) is 0 Å². The number of nitrogens with zero attached hydrogens (tertiary/aromatic N) is 1. The first-order chi connectivity index (χ1) is 8.51. The zero-order valence-electron chi connectivity index (χ0n) is 10.9. The zero-order valence-corrected chi connectivity index (χ0v) is 10.9. The molecule has 0 aromatic heterocycles. The lowest BCUT2D eigenvalue weighted by Crippen LogP contribution is -2.48. The highest BCUT2D eigenvalue weighted by Gasteiger charge is 2.39. The topological polar surface area (TPSA) is 69.6 Å². The Hall–Kier alpha value is -1.10. The summed E-state index contributed by atoms with van der Waals surface area (Å²) in [7, 11) is 0. The number of carbonyl (C=O) groups excluding carboxylic acids is 1. The highest BCUT2D eigenvalue weighted by Crippen LogP contribution is 2.29. The Morgan fingerprint density at radius 3 is 2.78 bits per heavy atom. The summed E-state index contributed by atoms with van der Waals surface area (Å²) < 4.78 is 0. The normalized spacial score (nSPS) is 28.2. The molecule has 0 spiro atoms. The Labute approximate surface area is 108 Å². The third-order valence-corrected chi connectivity index (χ3v) is 3.91. The lowest BCUT2D eigenvalue weighted by Gasteiger charge is -2.37. The van der Waals surface area contributed by atoms with Crippen molar-refractivity contribution in [3.8, 4) is 0 Å². The summed E-state index contributed by atoms with van der Waals surface area (Å²) >= 11 is 0. The maximum atomic E-state index is 12.0. The number of carboxylic acid groups (broad SMARTS) is 1. The van der Waals surface area contributed by atoms with Gasteiger partial charge in [-0.25, -0.2) is 0 Å². The molecule has 1 aliphatic heterocycles. The average Bonchev–Trinajstić information content (AvgIpc) is 3.13. The fraction of sp³-hybridized carbons (Fsp3) is 0.846. The van der Waals surface area contributed by atoms with Gasteiger partial charge in [-0.15, -0.1) is 0 Å². The van der Waals surface area contributed by atoms with E-state index in [0.717, 1.165) is 6.42 Å². The Balaban J connectivity index is 1.79. The van der Waals surface area contributed by atoms with Gasteiger partial charge in [0.05, 0.1) is 5.41 Å². The van der Waals surface area contributed by atoms with Crippen molar-refractivity contribution in [2.45, 2.75) is 45.1 Å². The van der Waals surface area contributed by atoms with Gasteiger partial charge in [0.1, 0.15) is 0 Å². The van der Waals surface area contributed by atoms with E-state index < -0.39 is 11.4 Å². The molecule has 2 N–H and O–H groups in total. The lowest BCUT2D eigenvalue weighted by atomic mass is 9.82. The summed E-state index contributed by atoms with van der Waals surface area (Å²) in [5, 5.41) is 12.5. The van der Waals surface area contributed by atoms with Crippen LogP contribution in [-0.2, 0) is 9.59 Å². The van der Waals surface area contributed by atoms with Crippen LogP contribution in [0.2, 0.25) is 0 Å². The molecule has 1 unspecified atom stereocenters. The molecule has 0 aromatic carbocycles. The van der Waals surface area contributed by atoms with Gasteiger partial charge >= 0.3 is 5.97 Å². The highest BCUT2D eigenvalue weighted by molar-refractivity contribution is 5.79. The van der Waals surface area contributed by atoms with Crippen LogP contribution in [0.25, 0.3) is 0 Å². The van der Waals surface area contributed by atoms with Crippen molar-refractivity contribution in [2.24, 2.45) is 5.41 Å². The van der Waals surface area contributed by atoms with Gasteiger partial charge in [0, 0.05) is 32.1 Å². The van der Waals surface area contributed by atoms with E-state index in [1.165, 1.54) is 12.8 Å². The predicted molar refractivity (Wildman–Crippen MR) is 67.2 cm³/mol. The SMILES string of the molecule is CC1(C(=O)O)CCCN(C(=O)CCNC2CC2)C1. The van der Waals surface area contributed by atoms with E-state index in [9.17, 15) is 14.7 Å². The number of piperidine rings is 1. The molecule has 0 radical (unpaired) electrons. The molecule has 1 saturated carbocycles. The second kappa shape index (κ2) is 5.26. The first kappa shape index (κ1) is 13.3. The summed E-state index contributed by atoms with van der Waals surface area (Å²) in [5.74, 6) is -0.716. The number of carboxylic acids is 1. The van der Waals surface area contributed by atoms with E-state index in [2.05, 4.69) is 5.32 Å². The molecule has 5 heteroatoms. The summed E-state index contributed by atoms with van der Waals surface area (Å²) in [6.45, 7) is 3.50. The van der Waals surface area contributed by atoms with Crippen molar-refractivity contribution in [3.05, 3.63) is 0 Å². The minimum Gasteiger partial charge on any atom is -0.481 e. The second-order valence-electron chi connectivity index (χ2n) is 5.76. The van der Waals surface area contributed by atoms with E-state index in [1.807, 2.05) is 0 Å². The van der Waals surface area contributed by atoms with Gasteiger partial charge in [-0.1, -0.05) is 0 Å². The highest BCUT2D eigenvalue weighted by atomic mass is 16.4. The standard InChI is InChI=1S/C13H22N2O3/c1-13(12(17)18)6-2-8-15(9-13)11(16)5-7-14-10-3-4-10/h10,14H,2-9H2,1H3,(H,17,18). The average molecular weight is 254 g/mol. The molecule has 18 heavy (non-hydrogen) atoms. The van der Waals surface area contributed by atoms with Crippen LogP contribution in [0.5, 0.6) is 0 Å². The fourth-order valence-corrected chi connectivity index (χ4v) is 2.46. The summed E-state index contributed by atoms with van der Waals surface area (Å²) in [4.78, 5) is 24.9. The predicted octanol–water partition coefficient (Wildman–Crippen LogP) is 0.842. The molecule has 0 aromatic rings. The number of nitrogens with one attached hydrogen (secondary N) is 1. The number of rotatable bonds is 5.